The van der Waals surface area contributed by atoms with Gasteiger partial charge in [0, 0.05) is 47.8 Å². The van der Waals surface area contributed by atoms with Crippen LogP contribution in [0.3, 0.4) is 0 Å². The molecule has 1 atom stereocenters. The molecule has 1 heterocycles. The summed E-state index contributed by atoms with van der Waals surface area (Å²) >= 11 is 12.9. The van der Waals surface area contributed by atoms with Gasteiger partial charge in [-0.05, 0) is 30.9 Å². The summed E-state index contributed by atoms with van der Waals surface area (Å²) in [6.07, 6.45) is 2.30. The number of benzene rings is 1. The third-order valence-corrected chi connectivity index (χ3v) is 4.60. The van der Waals surface area contributed by atoms with Crippen molar-refractivity contribution in [2.24, 2.45) is 5.92 Å². The molecule has 0 amide bonds. The number of hydrogen-bond acceptors (Lipinski definition) is 2. The Morgan fingerprint density at radius 3 is 2.25 bits per heavy atom. The topological polar surface area (TPSA) is 15.3 Å². The Labute approximate surface area is 132 Å². The van der Waals surface area contributed by atoms with E-state index >= 15 is 0 Å². The maximum atomic E-state index is 6.43. The van der Waals surface area contributed by atoms with Crippen molar-refractivity contribution in [1.82, 2.24) is 10.2 Å². The minimum Gasteiger partial charge on any atom is -0.314 e. The molecule has 2 rings (SSSR count). The van der Waals surface area contributed by atoms with Crippen molar-refractivity contribution < 1.29 is 0 Å². The van der Waals surface area contributed by atoms with E-state index in [1.54, 1.807) is 0 Å². The Morgan fingerprint density at radius 1 is 1.10 bits per heavy atom. The van der Waals surface area contributed by atoms with Gasteiger partial charge >= 0.3 is 0 Å². The highest BCUT2D eigenvalue weighted by Gasteiger charge is 2.25. The summed E-state index contributed by atoms with van der Waals surface area (Å²) in [7, 11) is 0. The van der Waals surface area contributed by atoms with Gasteiger partial charge in [0.25, 0.3) is 0 Å². The van der Waals surface area contributed by atoms with Crippen LogP contribution in [0.25, 0.3) is 0 Å². The Hall–Kier alpha value is -0.280. The van der Waals surface area contributed by atoms with E-state index in [2.05, 4.69) is 24.1 Å². The molecule has 0 spiro atoms. The predicted octanol–water partition coefficient (Wildman–Crippen LogP) is 4.38. The van der Waals surface area contributed by atoms with Crippen LogP contribution < -0.4 is 5.32 Å². The number of hydrogen-bond donors (Lipinski definition) is 1. The molecular weight excluding hydrogens is 291 g/mol. The fourth-order valence-electron chi connectivity index (χ4n) is 2.82. The lowest BCUT2D eigenvalue weighted by molar-refractivity contribution is 0.160. The average molecular weight is 315 g/mol. The van der Waals surface area contributed by atoms with E-state index in [0.717, 1.165) is 48.2 Å². The highest BCUT2D eigenvalue weighted by atomic mass is 35.5. The minimum absolute atomic E-state index is 0.334. The second kappa shape index (κ2) is 7.65. The highest BCUT2D eigenvalue weighted by Crippen LogP contribution is 2.37. The molecule has 0 radical (unpaired) electrons. The van der Waals surface area contributed by atoms with Gasteiger partial charge in [0.2, 0.25) is 0 Å². The molecule has 1 aliphatic rings. The molecule has 1 aromatic rings. The maximum Gasteiger partial charge on any atom is 0.0468 e. The van der Waals surface area contributed by atoms with E-state index in [1.807, 2.05) is 18.2 Å². The van der Waals surface area contributed by atoms with Crippen LogP contribution in [-0.4, -0.2) is 31.1 Å². The standard InChI is InChI=1S/C16H24Cl2N2/c1-12(2)6-7-15(20-10-8-19-9-11-20)16-13(17)4-3-5-14(16)18/h3-5,12,15,19H,6-11H2,1-2H3/t15-/m0/s1. The van der Waals surface area contributed by atoms with Crippen molar-refractivity contribution in [3.63, 3.8) is 0 Å². The molecule has 1 fully saturated rings. The van der Waals surface area contributed by atoms with Crippen molar-refractivity contribution in [3.05, 3.63) is 33.8 Å². The van der Waals surface area contributed by atoms with E-state index < -0.39 is 0 Å². The quantitative estimate of drug-likeness (QED) is 0.867. The summed E-state index contributed by atoms with van der Waals surface area (Å²) in [6, 6.07) is 6.16. The molecule has 0 unspecified atom stereocenters. The first-order chi connectivity index (χ1) is 9.59. The zero-order valence-corrected chi connectivity index (χ0v) is 13.8. The molecule has 0 aliphatic carbocycles. The van der Waals surface area contributed by atoms with Crippen LogP contribution in [0.15, 0.2) is 18.2 Å². The van der Waals surface area contributed by atoms with Gasteiger partial charge in [-0.2, -0.15) is 0 Å². The molecular formula is C16H24Cl2N2. The lowest BCUT2D eigenvalue weighted by Crippen LogP contribution is -2.45. The van der Waals surface area contributed by atoms with E-state index in [9.17, 15) is 0 Å². The zero-order valence-electron chi connectivity index (χ0n) is 12.3. The largest absolute Gasteiger partial charge is 0.314 e. The summed E-state index contributed by atoms with van der Waals surface area (Å²) in [5, 5.41) is 5.00. The summed E-state index contributed by atoms with van der Waals surface area (Å²) in [4.78, 5) is 2.52. The Balaban J connectivity index is 2.24. The molecule has 2 nitrogen and oxygen atoms in total. The molecule has 1 saturated heterocycles. The van der Waals surface area contributed by atoms with Crippen molar-refractivity contribution in [2.75, 3.05) is 26.2 Å². The van der Waals surface area contributed by atoms with Gasteiger partial charge in [-0.3, -0.25) is 4.90 Å². The van der Waals surface area contributed by atoms with Crippen LogP contribution in [0.4, 0.5) is 0 Å². The Kier molecular flexibility index (Phi) is 6.16. The van der Waals surface area contributed by atoms with Crippen LogP contribution in [0.5, 0.6) is 0 Å². The van der Waals surface area contributed by atoms with Crippen LogP contribution in [-0.2, 0) is 0 Å². The van der Waals surface area contributed by atoms with Crippen molar-refractivity contribution >= 4 is 23.2 Å². The SMILES string of the molecule is CC(C)CC[C@@H](c1c(Cl)cccc1Cl)N1CCNCC1. The Bertz CT molecular complexity index is 408. The normalized spacial score (nSPS) is 18.4. The molecule has 20 heavy (non-hydrogen) atoms. The molecule has 0 aromatic heterocycles. The van der Waals surface area contributed by atoms with Gasteiger partial charge in [0.1, 0.15) is 0 Å². The van der Waals surface area contributed by atoms with Crippen LogP contribution >= 0.6 is 23.2 Å². The third-order valence-electron chi connectivity index (χ3n) is 3.94. The summed E-state index contributed by atoms with van der Waals surface area (Å²) < 4.78 is 0. The molecule has 1 aromatic carbocycles. The highest BCUT2D eigenvalue weighted by molar-refractivity contribution is 6.36. The molecule has 1 aliphatic heterocycles. The number of nitrogens with one attached hydrogen (secondary N) is 1. The first-order valence-electron chi connectivity index (χ1n) is 7.48. The zero-order chi connectivity index (χ0) is 14.5. The Morgan fingerprint density at radius 2 is 1.70 bits per heavy atom. The molecule has 0 bridgehead atoms. The monoisotopic (exact) mass is 314 g/mol. The number of nitrogens with zero attached hydrogens (tertiary/aromatic N) is 1. The lowest BCUT2D eigenvalue weighted by atomic mass is 9.95. The van der Waals surface area contributed by atoms with Gasteiger partial charge in [-0.25, -0.2) is 0 Å². The first kappa shape index (κ1) is 16.1. The maximum absolute atomic E-state index is 6.43. The van der Waals surface area contributed by atoms with Gasteiger partial charge in [-0.15, -0.1) is 0 Å². The second-order valence-corrected chi connectivity index (χ2v) is 6.72. The van der Waals surface area contributed by atoms with E-state index in [4.69, 9.17) is 23.2 Å². The summed E-state index contributed by atoms with van der Waals surface area (Å²) in [5.41, 5.74) is 1.11. The average Bonchev–Trinajstić information content (AvgIpc) is 2.42. The minimum atomic E-state index is 0.334. The first-order valence-corrected chi connectivity index (χ1v) is 8.24. The number of rotatable bonds is 5. The van der Waals surface area contributed by atoms with E-state index in [0.29, 0.717) is 12.0 Å². The van der Waals surface area contributed by atoms with Crippen LogP contribution in [0, 0.1) is 5.92 Å². The second-order valence-electron chi connectivity index (χ2n) is 5.91. The predicted molar refractivity (Wildman–Crippen MR) is 87.7 cm³/mol. The summed E-state index contributed by atoms with van der Waals surface area (Å²) in [6.45, 7) is 8.74. The van der Waals surface area contributed by atoms with Crippen molar-refractivity contribution in [3.8, 4) is 0 Å². The lowest BCUT2D eigenvalue weighted by Gasteiger charge is -2.36. The van der Waals surface area contributed by atoms with E-state index in [1.165, 1.54) is 6.42 Å². The van der Waals surface area contributed by atoms with Crippen LogP contribution in [0.2, 0.25) is 10.0 Å². The smallest absolute Gasteiger partial charge is 0.0468 e. The fourth-order valence-corrected chi connectivity index (χ4v) is 3.47. The van der Waals surface area contributed by atoms with Gasteiger partial charge < -0.3 is 5.32 Å². The van der Waals surface area contributed by atoms with Crippen LogP contribution in [0.1, 0.15) is 38.3 Å². The molecule has 0 saturated carbocycles. The van der Waals surface area contributed by atoms with Gasteiger partial charge in [0.05, 0.1) is 0 Å². The molecule has 4 heteroatoms. The van der Waals surface area contributed by atoms with Crippen molar-refractivity contribution in [1.29, 1.82) is 0 Å². The third kappa shape index (κ3) is 4.11. The van der Waals surface area contributed by atoms with E-state index in [-0.39, 0.29) is 0 Å². The molecule has 112 valence electrons. The number of piperazine rings is 1. The van der Waals surface area contributed by atoms with Crippen molar-refractivity contribution in [2.45, 2.75) is 32.7 Å². The number of halogens is 2. The van der Waals surface area contributed by atoms with Gasteiger partial charge in [0.15, 0.2) is 0 Å². The van der Waals surface area contributed by atoms with Gasteiger partial charge in [-0.1, -0.05) is 43.1 Å². The molecule has 1 N–H and O–H groups in total. The fraction of sp³-hybridized carbons (Fsp3) is 0.625. The summed E-state index contributed by atoms with van der Waals surface area (Å²) in [5.74, 6) is 0.696.